The minimum absolute atomic E-state index is 0.0642. The Morgan fingerprint density at radius 3 is 2.10 bits per heavy atom. The minimum atomic E-state index is -1.39. The van der Waals surface area contributed by atoms with Gasteiger partial charge < -0.3 is 25.4 Å². The van der Waals surface area contributed by atoms with Crippen molar-refractivity contribution in [3.8, 4) is 5.75 Å². The van der Waals surface area contributed by atoms with E-state index in [1.54, 1.807) is 0 Å². The molecule has 0 unspecified atom stereocenters. The molecule has 1 aromatic rings. The summed E-state index contributed by atoms with van der Waals surface area (Å²) in [4.78, 5) is 11.7. The first kappa shape index (κ1) is 17.4. The van der Waals surface area contributed by atoms with Gasteiger partial charge in [0.25, 0.3) is 0 Å². The molecule has 118 valence electrons. The number of aliphatic hydroxyl groups excluding tert-OH is 3. The van der Waals surface area contributed by atoms with Gasteiger partial charge in [0, 0.05) is 0 Å². The van der Waals surface area contributed by atoms with Crippen molar-refractivity contribution in [2.75, 3.05) is 26.4 Å². The van der Waals surface area contributed by atoms with Crippen LogP contribution in [0.1, 0.15) is 17.5 Å². The van der Waals surface area contributed by atoms with Crippen LogP contribution in [0.3, 0.4) is 0 Å². The van der Waals surface area contributed by atoms with Gasteiger partial charge in [0.15, 0.2) is 0 Å². The lowest BCUT2D eigenvalue weighted by atomic mass is 10.0. The summed E-state index contributed by atoms with van der Waals surface area (Å²) in [6.45, 7) is 2.49. The first-order chi connectivity index (χ1) is 9.94. The third kappa shape index (κ3) is 5.34. The average Bonchev–Trinajstić information content (AvgIpc) is 2.44. The van der Waals surface area contributed by atoms with E-state index >= 15 is 0 Å². The first-order valence-corrected chi connectivity index (χ1v) is 6.79. The monoisotopic (exact) mass is 297 g/mol. The predicted molar refractivity (Wildman–Crippen MR) is 78.2 cm³/mol. The second-order valence-electron chi connectivity index (χ2n) is 5.22. The molecule has 4 N–H and O–H groups in total. The zero-order valence-electron chi connectivity index (χ0n) is 12.4. The quantitative estimate of drug-likeness (QED) is 0.537. The van der Waals surface area contributed by atoms with Crippen LogP contribution in [0.2, 0.25) is 0 Å². The van der Waals surface area contributed by atoms with Gasteiger partial charge in [0.1, 0.15) is 11.3 Å². The summed E-state index contributed by atoms with van der Waals surface area (Å²) in [5.41, 5.74) is 0.764. The highest BCUT2D eigenvalue weighted by atomic mass is 16.5. The van der Waals surface area contributed by atoms with Crippen molar-refractivity contribution in [3.63, 3.8) is 0 Å². The Labute approximate surface area is 124 Å². The number of amides is 1. The molecular formula is C15H23NO5. The molecular weight excluding hydrogens is 274 g/mol. The van der Waals surface area contributed by atoms with Crippen molar-refractivity contribution in [2.24, 2.45) is 0 Å². The van der Waals surface area contributed by atoms with Crippen molar-refractivity contribution in [1.29, 1.82) is 0 Å². The summed E-state index contributed by atoms with van der Waals surface area (Å²) in [7, 11) is 0. The van der Waals surface area contributed by atoms with Crippen LogP contribution in [0.15, 0.2) is 18.2 Å². The zero-order chi connectivity index (χ0) is 15.9. The number of carbonyl (C=O) groups excluding carboxylic acids is 1. The van der Waals surface area contributed by atoms with Gasteiger partial charge in [0.2, 0.25) is 5.91 Å². The average molecular weight is 297 g/mol. The Hall–Kier alpha value is -1.63. The zero-order valence-corrected chi connectivity index (χ0v) is 12.4. The number of carbonyl (C=O) groups is 1. The predicted octanol–water partition coefficient (Wildman–Crippen LogP) is -0.0958. The van der Waals surface area contributed by atoms with Crippen LogP contribution >= 0.6 is 0 Å². The topological polar surface area (TPSA) is 99.0 Å². The largest absolute Gasteiger partial charge is 0.493 e. The summed E-state index contributed by atoms with van der Waals surface area (Å²) in [6.07, 6.45) is 0.0642. The number of hydrogen-bond acceptors (Lipinski definition) is 5. The number of hydrogen-bond donors (Lipinski definition) is 4. The van der Waals surface area contributed by atoms with Crippen LogP contribution in [-0.4, -0.2) is 53.2 Å². The summed E-state index contributed by atoms with van der Waals surface area (Å²) < 4.78 is 5.51. The van der Waals surface area contributed by atoms with E-state index in [0.717, 1.165) is 11.1 Å². The lowest BCUT2D eigenvalue weighted by Crippen LogP contribution is -2.57. The lowest BCUT2D eigenvalue weighted by molar-refractivity contribution is -0.125. The van der Waals surface area contributed by atoms with Gasteiger partial charge in [-0.05, 0) is 37.1 Å². The molecule has 21 heavy (non-hydrogen) atoms. The van der Waals surface area contributed by atoms with Crippen LogP contribution < -0.4 is 10.1 Å². The van der Waals surface area contributed by atoms with E-state index in [4.69, 9.17) is 20.1 Å². The molecule has 0 bridgehead atoms. The molecule has 0 atom stereocenters. The maximum absolute atomic E-state index is 11.7. The highest BCUT2D eigenvalue weighted by Crippen LogP contribution is 2.16. The third-order valence-electron chi connectivity index (χ3n) is 3.11. The molecule has 1 rings (SSSR count). The van der Waals surface area contributed by atoms with Gasteiger partial charge in [0.05, 0.1) is 32.8 Å². The van der Waals surface area contributed by atoms with E-state index in [9.17, 15) is 4.79 Å². The molecule has 0 aliphatic carbocycles. The van der Waals surface area contributed by atoms with E-state index in [1.165, 1.54) is 0 Å². The number of nitrogens with one attached hydrogen (secondary N) is 1. The van der Waals surface area contributed by atoms with Crippen molar-refractivity contribution in [2.45, 2.75) is 25.8 Å². The smallest absolute Gasteiger partial charge is 0.224 e. The van der Waals surface area contributed by atoms with Crippen molar-refractivity contribution in [1.82, 2.24) is 5.32 Å². The molecule has 0 saturated heterocycles. The Morgan fingerprint density at radius 1 is 1.10 bits per heavy atom. The second kappa shape index (κ2) is 7.97. The molecule has 6 nitrogen and oxygen atoms in total. The van der Waals surface area contributed by atoms with Crippen LogP contribution in [0.4, 0.5) is 0 Å². The van der Waals surface area contributed by atoms with E-state index < -0.39 is 31.3 Å². The first-order valence-electron chi connectivity index (χ1n) is 6.79. The molecule has 0 fully saturated rings. The van der Waals surface area contributed by atoms with Crippen LogP contribution in [-0.2, 0) is 4.79 Å². The van der Waals surface area contributed by atoms with Crippen LogP contribution in [0.25, 0.3) is 0 Å². The number of rotatable bonds is 8. The van der Waals surface area contributed by atoms with E-state index in [2.05, 4.69) is 5.32 Å². The van der Waals surface area contributed by atoms with Crippen molar-refractivity contribution in [3.05, 3.63) is 29.3 Å². The minimum Gasteiger partial charge on any atom is -0.493 e. The number of benzene rings is 1. The molecule has 0 heterocycles. The van der Waals surface area contributed by atoms with Gasteiger partial charge in [-0.25, -0.2) is 0 Å². The Bertz CT molecular complexity index is 443. The summed E-state index contributed by atoms with van der Waals surface area (Å²) in [6, 6.07) is 5.78. The van der Waals surface area contributed by atoms with Crippen LogP contribution in [0.5, 0.6) is 5.75 Å². The normalized spacial score (nSPS) is 11.3. The molecule has 6 heteroatoms. The third-order valence-corrected chi connectivity index (χ3v) is 3.11. The van der Waals surface area contributed by atoms with E-state index in [-0.39, 0.29) is 13.0 Å². The summed E-state index contributed by atoms with van der Waals surface area (Å²) >= 11 is 0. The van der Waals surface area contributed by atoms with Gasteiger partial charge in [-0.3, -0.25) is 4.79 Å². The molecule has 0 aliphatic rings. The maximum Gasteiger partial charge on any atom is 0.224 e. The fourth-order valence-corrected chi connectivity index (χ4v) is 1.90. The Morgan fingerprint density at radius 2 is 1.62 bits per heavy atom. The number of aryl methyl sites for hydroxylation is 2. The molecule has 0 spiro atoms. The van der Waals surface area contributed by atoms with Gasteiger partial charge >= 0.3 is 0 Å². The molecule has 0 radical (unpaired) electrons. The van der Waals surface area contributed by atoms with E-state index in [1.807, 2.05) is 32.0 Å². The molecule has 0 saturated carbocycles. The van der Waals surface area contributed by atoms with Crippen molar-refractivity contribution < 1.29 is 24.9 Å². The maximum atomic E-state index is 11.7. The summed E-state index contributed by atoms with van der Waals surface area (Å²) in [5, 5.41) is 29.8. The highest BCUT2D eigenvalue weighted by molar-refractivity contribution is 5.77. The van der Waals surface area contributed by atoms with Gasteiger partial charge in [-0.1, -0.05) is 6.07 Å². The molecule has 0 aliphatic heterocycles. The van der Waals surface area contributed by atoms with Crippen molar-refractivity contribution >= 4 is 5.91 Å². The van der Waals surface area contributed by atoms with Crippen LogP contribution in [0, 0.1) is 13.8 Å². The van der Waals surface area contributed by atoms with E-state index in [0.29, 0.717) is 5.75 Å². The van der Waals surface area contributed by atoms with Gasteiger partial charge in [-0.2, -0.15) is 0 Å². The summed E-state index contributed by atoms with van der Waals surface area (Å²) in [5.74, 6) is 0.287. The number of ether oxygens (including phenoxy) is 1. The Kier molecular flexibility index (Phi) is 6.61. The molecule has 1 aromatic carbocycles. The Balaban J connectivity index is 2.46. The lowest BCUT2D eigenvalue weighted by Gasteiger charge is -2.28. The fourth-order valence-electron chi connectivity index (χ4n) is 1.90. The second-order valence-corrected chi connectivity index (χ2v) is 5.22. The molecule has 1 amide bonds. The highest BCUT2D eigenvalue weighted by Gasteiger charge is 2.29. The number of aliphatic hydroxyl groups is 3. The molecule has 0 aromatic heterocycles. The van der Waals surface area contributed by atoms with Gasteiger partial charge in [-0.15, -0.1) is 0 Å². The standard InChI is InChI=1S/C15H23NO5/c1-11-5-12(2)7-13(6-11)21-4-3-14(20)16-15(8-17,9-18)10-19/h5-7,17-19H,3-4,8-10H2,1-2H3,(H,16,20). The SMILES string of the molecule is Cc1cc(C)cc(OCCC(=O)NC(CO)(CO)CO)c1. The fraction of sp³-hybridized carbons (Fsp3) is 0.533.